The normalized spacial score (nSPS) is 17.2. The van der Waals surface area contributed by atoms with Gasteiger partial charge in [0, 0.05) is 24.2 Å². The van der Waals surface area contributed by atoms with E-state index in [0.717, 1.165) is 26.1 Å². The Balaban J connectivity index is 1.90. The van der Waals surface area contributed by atoms with Crippen LogP contribution in [0.3, 0.4) is 0 Å². The Morgan fingerprint density at radius 3 is 2.46 bits per heavy atom. The second-order valence-corrected chi connectivity index (χ2v) is 6.34. The van der Waals surface area contributed by atoms with E-state index in [0.29, 0.717) is 5.56 Å². The van der Waals surface area contributed by atoms with Crippen LogP contribution in [0, 0.1) is 0 Å². The molecule has 2 aromatic rings. The van der Waals surface area contributed by atoms with Crippen molar-refractivity contribution < 1.29 is 9.53 Å². The predicted molar refractivity (Wildman–Crippen MR) is 92.9 cm³/mol. The average Bonchev–Trinajstić information content (AvgIpc) is 2.85. The second-order valence-electron chi connectivity index (χ2n) is 6.34. The highest BCUT2D eigenvalue weighted by Crippen LogP contribution is 2.53. The Labute approximate surface area is 140 Å². The summed E-state index contributed by atoms with van der Waals surface area (Å²) in [6.07, 6.45) is 1.83. The molecule has 1 aliphatic carbocycles. The van der Waals surface area contributed by atoms with Crippen molar-refractivity contribution in [1.29, 1.82) is 0 Å². The van der Waals surface area contributed by atoms with E-state index in [-0.39, 0.29) is 11.4 Å². The van der Waals surface area contributed by atoms with Gasteiger partial charge in [-0.25, -0.2) is 0 Å². The van der Waals surface area contributed by atoms with Gasteiger partial charge in [-0.15, -0.1) is 0 Å². The lowest BCUT2D eigenvalue weighted by atomic mass is 9.72. The molecule has 122 valence electrons. The fraction of sp³-hybridized carbons (Fsp3) is 0.263. The van der Waals surface area contributed by atoms with Gasteiger partial charge in [0.2, 0.25) is 0 Å². The van der Waals surface area contributed by atoms with E-state index >= 15 is 0 Å². The number of carbonyl (C=O) groups is 1. The minimum Gasteiger partial charge on any atom is -0.381 e. The monoisotopic (exact) mass is 321 g/mol. The Hall–Kier alpha value is -2.66. The number of nitrogens with two attached hydrogens (primary N) is 2. The molecule has 0 unspecified atom stereocenters. The molecular weight excluding hydrogens is 302 g/mol. The van der Waals surface area contributed by atoms with Crippen LogP contribution in [0.5, 0.6) is 0 Å². The van der Waals surface area contributed by atoms with Gasteiger partial charge < -0.3 is 16.2 Å². The average molecular weight is 321 g/mol. The SMILES string of the molecule is NC(N)=NC(=O)c1ccc2c(c1)C1(CCOCC1)c1ccccc1-2. The molecule has 5 nitrogen and oxygen atoms in total. The first-order valence-corrected chi connectivity index (χ1v) is 8.08. The van der Waals surface area contributed by atoms with Crippen molar-refractivity contribution in [3.05, 3.63) is 59.2 Å². The Morgan fingerprint density at radius 2 is 1.71 bits per heavy atom. The number of hydrogen-bond acceptors (Lipinski definition) is 2. The molecule has 0 atom stereocenters. The van der Waals surface area contributed by atoms with E-state index in [4.69, 9.17) is 16.2 Å². The maximum absolute atomic E-state index is 12.2. The summed E-state index contributed by atoms with van der Waals surface area (Å²) in [5.41, 5.74) is 16.1. The number of aliphatic imine (C=N–C) groups is 1. The van der Waals surface area contributed by atoms with Gasteiger partial charge in [0.15, 0.2) is 5.96 Å². The summed E-state index contributed by atoms with van der Waals surface area (Å²) in [5.74, 6) is -0.625. The quantitative estimate of drug-likeness (QED) is 0.622. The molecule has 1 saturated heterocycles. The summed E-state index contributed by atoms with van der Waals surface area (Å²) in [7, 11) is 0. The molecule has 0 radical (unpaired) electrons. The fourth-order valence-corrected chi connectivity index (χ4v) is 4.03. The number of guanidine groups is 1. The second kappa shape index (κ2) is 5.46. The van der Waals surface area contributed by atoms with E-state index in [1.54, 1.807) is 6.07 Å². The molecule has 1 spiro atoms. The summed E-state index contributed by atoms with van der Waals surface area (Å²) in [4.78, 5) is 15.9. The zero-order valence-electron chi connectivity index (χ0n) is 13.3. The van der Waals surface area contributed by atoms with Crippen LogP contribution in [0.1, 0.15) is 34.3 Å². The third-order valence-electron chi connectivity index (χ3n) is 5.09. The summed E-state index contributed by atoms with van der Waals surface area (Å²) in [6, 6.07) is 14.2. The summed E-state index contributed by atoms with van der Waals surface area (Å²) in [5, 5.41) is 0. The summed E-state index contributed by atoms with van der Waals surface area (Å²) >= 11 is 0. The minimum absolute atomic E-state index is 0.0849. The molecule has 2 aliphatic rings. The Morgan fingerprint density at radius 1 is 1.00 bits per heavy atom. The van der Waals surface area contributed by atoms with Gasteiger partial charge >= 0.3 is 0 Å². The van der Waals surface area contributed by atoms with Crippen LogP contribution in [0.2, 0.25) is 0 Å². The molecule has 24 heavy (non-hydrogen) atoms. The van der Waals surface area contributed by atoms with Crippen LogP contribution in [-0.4, -0.2) is 25.1 Å². The van der Waals surface area contributed by atoms with Gasteiger partial charge in [0.05, 0.1) is 0 Å². The molecule has 0 saturated carbocycles. The first-order valence-electron chi connectivity index (χ1n) is 8.08. The molecule has 1 amide bonds. The third-order valence-corrected chi connectivity index (χ3v) is 5.09. The van der Waals surface area contributed by atoms with E-state index in [1.165, 1.54) is 22.3 Å². The molecule has 5 heteroatoms. The van der Waals surface area contributed by atoms with Gasteiger partial charge in [0.25, 0.3) is 5.91 Å². The highest BCUT2D eigenvalue weighted by molar-refractivity contribution is 6.02. The Bertz CT molecular complexity index is 847. The third kappa shape index (κ3) is 2.12. The van der Waals surface area contributed by atoms with E-state index in [1.807, 2.05) is 12.1 Å². The number of ether oxygens (including phenoxy) is 1. The zero-order valence-corrected chi connectivity index (χ0v) is 13.3. The number of hydrogen-bond donors (Lipinski definition) is 2. The molecule has 0 bridgehead atoms. The molecule has 1 heterocycles. The van der Waals surface area contributed by atoms with Crippen molar-refractivity contribution in [1.82, 2.24) is 0 Å². The van der Waals surface area contributed by atoms with E-state index < -0.39 is 5.91 Å². The lowest BCUT2D eigenvalue weighted by Gasteiger charge is -2.35. The number of amides is 1. The zero-order chi connectivity index (χ0) is 16.7. The predicted octanol–water partition coefficient (Wildman–Crippen LogP) is 2.18. The summed E-state index contributed by atoms with van der Waals surface area (Å²) in [6.45, 7) is 1.44. The summed E-state index contributed by atoms with van der Waals surface area (Å²) < 4.78 is 5.59. The molecule has 2 aromatic carbocycles. The largest absolute Gasteiger partial charge is 0.381 e. The smallest absolute Gasteiger partial charge is 0.280 e. The Kier molecular flexibility index (Phi) is 3.39. The van der Waals surface area contributed by atoms with Crippen molar-refractivity contribution in [2.45, 2.75) is 18.3 Å². The van der Waals surface area contributed by atoms with Crippen LogP contribution in [-0.2, 0) is 10.2 Å². The van der Waals surface area contributed by atoms with Gasteiger partial charge in [0.1, 0.15) is 0 Å². The fourth-order valence-electron chi connectivity index (χ4n) is 4.03. The van der Waals surface area contributed by atoms with Crippen molar-refractivity contribution in [3.8, 4) is 11.1 Å². The molecule has 1 aliphatic heterocycles. The first kappa shape index (κ1) is 14.9. The van der Waals surface area contributed by atoms with Gasteiger partial charge in [-0.1, -0.05) is 30.3 Å². The maximum Gasteiger partial charge on any atom is 0.280 e. The van der Waals surface area contributed by atoms with Gasteiger partial charge in [-0.3, -0.25) is 4.79 Å². The van der Waals surface area contributed by atoms with Crippen molar-refractivity contribution >= 4 is 11.9 Å². The molecule has 4 N–H and O–H groups in total. The van der Waals surface area contributed by atoms with Crippen molar-refractivity contribution in [2.24, 2.45) is 16.5 Å². The number of nitrogens with zero attached hydrogens (tertiary/aromatic N) is 1. The molecule has 1 fully saturated rings. The number of rotatable bonds is 1. The van der Waals surface area contributed by atoms with Crippen LogP contribution in [0.4, 0.5) is 0 Å². The van der Waals surface area contributed by atoms with Crippen molar-refractivity contribution in [3.63, 3.8) is 0 Å². The van der Waals surface area contributed by atoms with Crippen LogP contribution in [0.15, 0.2) is 47.5 Å². The number of fused-ring (bicyclic) bond motifs is 5. The first-order chi connectivity index (χ1) is 11.6. The number of benzene rings is 2. The highest BCUT2D eigenvalue weighted by Gasteiger charge is 2.44. The van der Waals surface area contributed by atoms with Crippen LogP contribution < -0.4 is 11.5 Å². The van der Waals surface area contributed by atoms with E-state index in [9.17, 15) is 4.79 Å². The highest BCUT2D eigenvalue weighted by atomic mass is 16.5. The van der Waals surface area contributed by atoms with Crippen LogP contribution in [0.25, 0.3) is 11.1 Å². The van der Waals surface area contributed by atoms with Gasteiger partial charge in [-0.05, 0) is 47.2 Å². The topological polar surface area (TPSA) is 90.7 Å². The molecule has 0 aromatic heterocycles. The number of carbonyl (C=O) groups excluding carboxylic acids is 1. The lowest BCUT2D eigenvalue weighted by molar-refractivity contribution is 0.0644. The van der Waals surface area contributed by atoms with E-state index in [2.05, 4.69) is 29.3 Å². The minimum atomic E-state index is -0.407. The standard InChI is InChI=1S/C19H19N3O2/c20-18(21)22-17(23)12-5-6-14-13-3-1-2-4-15(13)19(16(14)11-12)7-9-24-10-8-19/h1-6,11H,7-10H2,(H4,20,21,22,23). The maximum atomic E-state index is 12.2. The molecule has 4 rings (SSSR count). The van der Waals surface area contributed by atoms with Gasteiger partial charge in [-0.2, -0.15) is 4.99 Å². The van der Waals surface area contributed by atoms with Crippen molar-refractivity contribution in [2.75, 3.05) is 13.2 Å². The lowest BCUT2D eigenvalue weighted by Crippen LogP contribution is -2.33. The molecular formula is C19H19N3O2. The van der Waals surface area contributed by atoms with Crippen LogP contribution >= 0.6 is 0 Å².